The molecule has 4 unspecified atom stereocenters. The molecule has 7 atom stereocenters. The van der Waals surface area contributed by atoms with E-state index in [1.807, 2.05) is 13.8 Å². The van der Waals surface area contributed by atoms with Gasteiger partial charge < -0.3 is 14.6 Å². The fourth-order valence-electron chi connectivity index (χ4n) is 6.91. The van der Waals surface area contributed by atoms with Crippen molar-refractivity contribution in [3.05, 3.63) is 12.7 Å². The third-order valence-corrected chi connectivity index (χ3v) is 7.56. The number of carbonyl (C=O) groups is 2. The molecule has 3 fully saturated rings. The first-order valence-electron chi connectivity index (χ1n) is 10.0. The van der Waals surface area contributed by atoms with E-state index in [0.717, 1.165) is 19.3 Å². The maximum Gasteiger partial charge on any atom is 0.303 e. The number of carbonyl (C=O) groups excluding carboxylic acids is 2. The van der Waals surface area contributed by atoms with E-state index in [4.69, 9.17) is 9.47 Å². The lowest BCUT2D eigenvalue weighted by molar-refractivity contribution is -0.307. The molecule has 2 aliphatic carbocycles. The molecule has 2 saturated carbocycles. The summed E-state index contributed by atoms with van der Waals surface area (Å²) in [4.78, 5) is 25.4. The van der Waals surface area contributed by atoms with Gasteiger partial charge in [0, 0.05) is 13.3 Å². The van der Waals surface area contributed by atoms with Crippen molar-refractivity contribution in [3.8, 4) is 0 Å². The van der Waals surface area contributed by atoms with Crippen molar-refractivity contribution in [1.82, 2.24) is 0 Å². The molecule has 1 aliphatic heterocycles. The van der Waals surface area contributed by atoms with Gasteiger partial charge in [-0.3, -0.25) is 9.59 Å². The zero-order chi connectivity index (χ0) is 20.4. The number of fused-ring (bicyclic) bond motifs is 3. The monoisotopic (exact) mass is 378 g/mol. The second-order valence-corrected chi connectivity index (χ2v) is 10.2. The van der Waals surface area contributed by atoms with Crippen LogP contribution in [-0.2, 0) is 19.1 Å². The topological polar surface area (TPSA) is 72.8 Å². The number of hydrogen-bond donors (Lipinski definition) is 1. The predicted octanol–water partition coefficient (Wildman–Crippen LogP) is 3.43. The minimum absolute atomic E-state index is 0.111. The Bertz CT molecular complexity index is 670. The molecule has 152 valence electrons. The molecule has 0 aromatic rings. The quantitative estimate of drug-likeness (QED) is 0.589. The van der Waals surface area contributed by atoms with Crippen LogP contribution in [-0.4, -0.2) is 40.3 Å². The Kier molecular flexibility index (Phi) is 4.68. The number of esters is 1. The molecule has 0 aromatic carbocycles. The molecule has 27 heavy (non-hydrogen) atoms. The molecule has 3 rings (SSSR count). The van der Waals surface area contributed by atoms with Gasteiger partial charge in [-0.05, 0) is 43.4 Å². The van der Waals surface area contributed by atoms with Gasteiger partial charge in [-0.15, -0.1) is 6.58 Å². The summed E-state index contributed by atoms with van der Waals surface area (Å²) in [5.74, 6) is -0.948. The Labute approximate surface area is 162 Å². The molecule has 5 heteroatoms. The smallest absolute Gasteiger partial charge is 0.303 e. The molecular formula is C22H34O5. The number of rotatable bonds is 2. The van der Waals surface area contributed by atoms with Crippen LogP contribution in [0.15, 0.2) is 12.7 Å². The molecule has 3 aliphatic rings. The normalized spacial score (nSPS) is 48.9. The van der Waals surface area contributed by atoms with Gasteiger partial charge in [0.15, 0.2) is 6.10 Å². The zero-order valence-corrected chi connectivity index (χ0v) is 17.5. The van der Waals surface area contributed by atoms with Crippen LogP contribution in [0.3, 0.4) is 0 Å². The summed E-state index contributed by atoms with van der Waals surface area (Å²) in [6, 6.07) is 0. The number of ketones is 1. The molecular weight excluding hydrogens is 344 g/mol. The van der Waals surface area contributed by atoms with Crippen LogP contribution in [0.5, 0.6) is 0 Å². The van der Waals surface area contributed by atoms with E-state index in [2.05, 4.69) is 27.4 Å². The Hall–Kier alpha value is -1.20. The largest absolute Gasteiger partial charge is 0.457 e. The number of Topliss-reactive ketones (excluding diaryl/α,β-unsaturated/α-hetero) is 1. The summed E-state index contributed by atoms with van der Waals surface area (Å²) in [6.45, 7) is 15.2. The van der Waals surface area contributed by atoms with E-state index in [0.29, 0.717) is 0 Å². The number of ether oxygens (including phenoxy) is 2. The third-order valence-electron chi connectivity index (χ3n) is 7.56. The lowest BCUT2D eigenvalue weighted by Gasteiger charge is -2.67. The highest BCUT2D eigenvalue weighted by Gasteiger charge is 2.71. The van der Waals surface area contributed by atoms with Gasteiger partial charge in [-0.1, -0.05) is 33.3 Å². The first-order chi connectivity index (χ1) is 12.3. The number of aliphatic hydroxyl groups excluding tert-OH is 1. The van der Waals surface area contributed by atoms with Gasteiger partial charge in [0.1, 0.15) is 11.4 Å². The SMILES string of the molecule is C=C[C@@]1(C)CC(=O)C2[C@@]3(C)CCCC(C)(C)C3C(O)C(OC(C)=O)[C@@]2(C)O1. The van der Waals surface area contributed by atoms with E-state index < -0.39 is 40.7 Å². The van der Waals surface area contributed by atoms with E-state index in [-0.39, 0.29) is 23.5 Å². The van der Waals surface area contributed by atoms with Crippen molar-refractivity contribution in [1.29, 1.82) is 0 Å². The molecule has 0 aromatic heterocycles. The second-order valence-electron chi connectivity index (χ2n) is 10.2. The molecule has 1 N–H and O–H groups in total. The number of aliphatic hydroxyl groups is 1. The summed E-state index contributed by atoms with van der Waals surface area (Å²) in [7, 11) is 0. The summed E-state index contributed by atoms with van der Waals surface area (Å²) in [6.07, 6.45) is 2.94. The molecule has 1 saturated heterocycles. The van der Waals surface area contributed by atoms with Gasteiger partial charge in [0.05, 0.1) is 17.6 Å². The lowest BCUT2D eigenvalue weighted by atomic mass is 9.42. The summed E-state index contributed by atoms with van der Waals surface area (Å²) < 4.78 is 12.1. The van der Waals surface area contributed by atoms with Gasteiger partial charge in [0.25, 0.3) is 0 Å². The fourth-order valence-corrected chi connectivity index (χ4v) is 6.91. The zero-order valence-electron chi connectivity index (χ0n) is 17.5. The van der Waals surface area contributed by atoms with Crippen LogP contribution in [0.1, 0.15) is 67.2 Å². The Morgan fingerprint density at radius 1 is 1.26 bits per heavy atom. The minimum atomic E-state index is -1.10. The number of hydrogen-bond acceptors (Lipinski definition) is 5. The van der Waals surface area contributed by atoms with Crippen LogP contribution in [0.4, 0.5) is 0 Å². The third kappa shape index (κ3) is 2.89. The van der Waals surface area contributed by atoms with Crippen LogP contribution < -0.4 is 0 Å². The molecule has 0 radical (unpaired) electrons. The van der Waals surface area contributed by atoms with Crippen molar-refractivity contribution in [2.75, 3.05) is 0 Å². The lowest BCUT2D eigenvalue weighted by Crippen LogP contribution is -2.75. The first-order valence-corrected chi connectivity index (χ1v) is 10.0. The maximum atomic E-state index is 13.5. The highest BCUT2D eigenvalue weighted by Crippen LogP contribution is 2.65. The first kappa shape index (κ1) is 20.5. The van der Waals surface area contributed by atoms with E-state index in [1.54, 1.807) is 6.08 Å². The average Bonchev–Trinajstić information content (AvgIpc) is 2.49. The van der Waals surface area contributed by atoms with E-state index in [9.17, 15) is 14.7 Å². The van der Waals surface area contributed by atoms with Crippen LogP contribution >= 0.6 is 0 Å². The molecule has 0 spiro atoms. The average molecular weight is 379 g/mol. The van der Waals surface area contributed by atoms with Crippen LogP contribution in [0, 0.1) is 22.7 Å². The maximum absolute atomic E-state index is 13.5. The highest BCUT2D eigenvalue weighted by atomic mass is 16.6. The van der Waals surface area contributed by atoms with Crippen LogP contribution in [0.25, 0.3) is 0 Å². The van der Waals surface area contributed by atoms with Crippen molar-refractivity contribution < 1.29 is 24.2 Å². The minimum Gasteiger partial charge on any atom is -0.457 e. The summed E-state index contributed by atoms with van der Waals surface area (Å²) in [5, 5.41) is 11.5. The van der Waals surface area contributed by atoms with Crippen LogP contribution in [0.2, 0.25) is 0 Å². The Morgan fingerprint density at radius 2 is 1.89 bits per heavy atom. The molecule has 5 nitrogen and oxygen atoms in total. The summed E-state index contributed by atoms with van der Waals surface area (Å²) >= 11 is 0. The molecule has 1 heterocycles. The van der Waals surface area contributed by atoms with E-state index in [1.165, 1.54) is 6.92 Å². The molecule has 0 bridgehead atoms. The van der Waals surface area contributed by atoms with Crippen molar-refractivity contribution in [3.63, 3.8) is 0 Å². The fraction of sp³-hybridized carbons (Fsp3) is 0.818. The van der Waals surface area contributed by atoms with Crippen molar-refractivity contribution in [2.45, 2.75) is 90.6 Å². The Morgan fingerprint density at radius 3 is 2.44 bits per heavy atom. The van der Waals surface area contributed by atoms with Crippen molar-refractivity contribution >= 4 is 11.8 Å². The van der Waals surface area contributed by atoms with Gasteiger partial charge in [-0.2, -0.15) is 0 Å². The Balaban J connectivity index is 2.20. The highest BCUT2D eigenvalue weighted by molar-refractivity contribution is 5.86. The summed E-state index contributed by atoms with van der Waals surface area (Å²) in [5.41, 5.74) is -2.51. The standard InChI is InChI=1S/C22H34O5/c1-8-20(5)12-14(24)16-21(6)11-9-10-19(3,4)17(21)15(25)18(26-13(2)23)22(16,7)27-20/h8,15-18,25H,1,9-12H2,2-7H3/t15?,16?,17?,18?,20-,21+,22-/m0/s1. The van der Waals surface area contributed by atoms with Gasteiger partial charge in [-0.25, -0.2) is 0 Å². The van der Waals surface area contributed by atoms with Gasteiger partial charge >= 0.3 is 5.97 Å². The van der Waals surface area contributed by atoms with E-state index >= 15 is 0 Å². The predicted molar refractivity (Wildman–Crippen MR) is 102 cm³/mol. The van der Waals surface area contributed by atoms with Gasteiger partial charge in [0.2, 0.25) is 0 Å². The van der Waals surface area contributed by atoms with Crippen molar-refractivity contribution in [2.24, 2.45) is 22.7 Å². The molecule has 0 amide bonds. The second kappa shape index (κ2) is 6.15.